The molecule has 2 aromatic carbocycles. The molecule has 0 bridgehead atoms. The van der Waals surface area contributed by atoms with E-state index in [2.05, 4.69) is 9.46 Å². The fourth-order valence-corrected chi connectivity index (χ4v) is 4.76. The van der Waals surface area contributed by atoms with Crippen LogP contribution in [0.4, 0.5) is 27.6 Å². The Bertz CT molecular complexity index is 1170. The minimum absolute atomic E-state index is 0. The highest BCUT2D eigenvalue weighted by Gasteiger charge is 2.33. The van der Waals surface area contributed by atoms with Crippen molar-refractivity contribution in [1.29, 1.82) is 0 Å². The average Bonchev–Trinajstić information content (AvgIpc) is 2.76. The standard InChI is InChI=1S/C22H24F5N3O4S.H2/c1-2-11-35(32,33)28-19-6-4-15(12-20(19)34-22(25,26)27)21(31)30-9-7-29(8-10-30)14-16-3-5-17(23)13-18(16)24;/h3-6,12-13,28H,2,7-11,14H2,1H3;1H. The Balaban J connectivity index is 0.00000456. The number of carbonyl (C=O) groups is 1. The number of rotatable bonds is 8. The Morgan fingerprint density at radius 3 is 2.37 bits per heavy atom. The summed E-state index contributed by atoms with van der Waals surface area (Å²) < 4.78 is 95.8. The largest absolute Gasteiger partial charge is 0.573 e. The van der Waals surface area contributed by atoms with Gasteiger partial charge in [-0.1, -0.05) is 13.0 Å². The van der Waals surface area contributed by atoms with E-state index in [1.165, 1.54) is 17.0 Å². The van der Waals surface area contributed by atoms with Gasteiger partial charge in [-0.3, -0.25) is 14.4 Å². The van der Waals surface area contributed by atoms with Gasteiger partial charge in [0.05, 0.1) is 11.4 Å². The third kappa shape index (κ3) is 7.52. The number of carbonyl (C=O) groups excluding carboxylic acids is 1. The molecule has 1 heterocycles. The number of hydrogen-bond donors (Lipinski definition) is 1. The minimum Gasteiger partial charge on any atom is -0.404 e. The molecule has 0 unspecified atom stereocenters. The van der Waals surface area contributed by atoms with Gasteiger partial charge in [0.1, 0.15) is 11.6 Å². The molecule has 194 valence electrons. The molecular formula is C22H26F5N3O4S. The molecule has 1 saturated heterocycles. The smallest absolute Gasteiger partial charge is 0.404 e. The van der Waals surface area contributed by atoms with Gasteiger partial charge in [0.25, 0.3) is 5.91 Å². The second-order valence-electron chi connectivity index (χ2n) is 7.98. The van der Waals surface area contributed by atoms with Crippen molar-refractivity contribution < 1.29 is 41.3 Å². The van der Waals surface area contributed by atoms with Crippen LogP contribution in [0.3, 0.4) is 0 Å². The van der Waals surface area contributed by atoms with Gasteiger partial charge in [-0.2, -0.15) is 0 Å². The number of alkyl halides is 3. The monoisotopic (exact) mass is 523 g/mol. The number of anilines is 1. The lowest BCUT2D eigenvalue weighted by atomic mass is 10.1. The van der Waals surface area contributed by atoms with Gasteiger partial charge < -0.3 is 9.64 Å². The van der Waals surface area contributed by atoms with Gasteiger partial charge >= 0.3 is 6.36 Å². The Morgan fingerprint density at radius 1 is 1.09 bits per heavy atom. The third-order valence-electron chi connectivity index (χ3n) is 5.26. The molecule has 7 nitrogen and oxygen atoms in total. The maximum absolute atomic E-state index is 13.9. The molecule has 0 aliphatic carbocycles. The normalized spacial score (nSPS) is 15.2. The zero-order valence-corrected chi connectivity index (χ0v) is 19.6. The number of piperazine rings is 1. The molecule has 3 rings (SSSR count). The summed E-state index contributed by atoms with van der Waals surface area (Å²) in [7, 11) is -3.90. The van der Waals surface area contributed by atoms with E-state index in [1.54, 1.807) is 6.92 Å². The third-order valence-corrected chi connectivity index (χ3v) is 6.74. The average molecular weight is 524 g/mol. The van der Waals surface area contributed by atoms with E-state index in [-0.39, 0.29) is 38.8 Å². The van der Waals surface area contributed by atoms with Crippen LogP contribution in [0.2, 0.25) is 0 Å². The van der Waals surface area contributed by atoms with Crippen LogP contribution in [-0.4, -0.2) is 62.4 Å². The van der Waals surface area contributed by atoms with Crippen LogP contribution in [0.5, 0.6) is 5.75 Å². The van der Waals surface area contributed by atoms with E-state index in [0.29, 0.717) is 18.7 Å². The molecule has 2 aromatic rings. The van der Waals surface area contributed by atoms with E-state index in [9.17, 15) is 35.2 Å². The maximum atomic E-state index is 13.9. The van der Waals surface area contributed by atoms with Gasteiger partial charge in [0.2, 0.25) is 10.0 Å². The SMILES string of the molecule is CCCS(=O)(=O)Nc1ccc(C(=O)N2CCN(Cc3ccc(F)cc3F)CC2)cc1OC(F)(F)F.[HH]. The van der Waals surface area contributed by atoms with Crippen LogP contribution in [0.1, 0.15) is 30.7 Å². The second kappa shape index (κ2) is 10.8. The number of nitrogens with zero attached hydrogens (tertiary/aromatic N) is 2. The van der Waals surface area contributed by atoms with Crippen molar-refractivity contribution >= 4 is 21.6 Å². The first kappa shape index (κ1) is 26.7. The number of sulfonamides is 1. The molecule has 1 aliphatic heterocycles. The Morgan fingerprint density at radius 2 is 1.77 bits per heavy atom. The Kier molecular flexibility index (Phi) is 8.21. The van der Waals surface area contributed by atoms with Gasteiger partial charge in [0.15, 0.2) is 5.75 Å². The summed E-state index contributed by atoms with van der Waals surface area (Å²) in [5.41, 5.74) is -0.236. The molecule has 1 aliphatic rings. The van der Waals surface area contributed by atoms with Crippen LogP contribution >= 0.6 is 0 Å². The van der Waals surface area contributed by atoms with E-state index < -0.39 is 45.4 Å². The predicted molar refractivity (Wildman–Crippen MR) is 120 cm³/mol. The molecule has 0 atom stereocenters. The number of nitrogens with one attached hydrogen (secondary N) is 1. The Hall–Kier alpha value is -2.93. The molecule has 0 radical (unpaired) electrons. The van der Waals surface area contributed by atoms with E-state index in [4.69, 9.17) is 0 Å². The van der Waals surface area contributed by atoms with Gasteiger partial charge in [-0.25, -0.2) is 17.2 Å². The van der Waals surface area contributed by atoms with Crippen LogP contribution in [0, 0.1) is 11.6 Å². The summed E-state index contributed by atoms with van der Waals surface area (Å²) in [5.74, 6) is -3.05. The van der Waals surface area contributed by atoms with Crippen LogP contribution in [0.15, 0.2) is 36.4 Å². The molecular weight excluding hydrogens is 497 g/mol. The summed E-state index contributed by atoms with van der Waals surface area (Å²) in [6.45, 7) is 2.99. The summed E-state index contributed by atoms with van der Waals surface area (Å²) >= 11 is 0. The van der Waals surface area contributed by atoms with E-state index in [1.807, 2.05) is 4.90 Å². The predicted octanol–water partition coefficient (Wildman–Crippen LogP) is 4.22. The number of halogens is 5. The fourth-order valence-electron chi connectivity index (χ4n) is 3.62. The summed E-state index contributed by atoms with van der Waals surface area (Å²) in [5, 5.41) is 0. The van der Waals surface area contributed by atoms with Crippen LogP contribution in [0.25, 0.3) is 0 Å². The summed E-state index contributed by atoms with van der Waals surface area (Å²) in [6.07, 6.45) is -4.85. The number of amides is 1. The topological polar surface area (TPSA) is 79.0 Å². The lowest BCUT2D eigenvalue weighted by Gasteiger charge is -2.35. The van der Waals surface area contributed by atoms with Gasteiger partial charge in [-0.15, -0.1) is 13.2 Å². The molecule has 0 aromatic heterocycles. The number of ether oxygens (including phenoxy) is 1. The highest BCUT2D eigenvalue weighted by atomic mass is 32.2. The van der Waals surface area contributed by atoms with Crippen LogP contribution in [-0.2, 0) is 16.6 Å². The number of hydrogen-bond acceptors (Lipinski definition) is 5. The molecule has 1 fully saturated rings. The van der Waals surface area contributed by atoms with Crippen molar-refractivity contribution in [2.75, 3.05) is 36.7 Å². The van der Waals surface area contributed by atoms with Crippen molar-refractivity contribution in [3.05, 3.63) is 59.2 Å². The quantitative estimate of drug-likeness (QED) is 0.525. The highest BCUT2D eigenvalue weighted by molar-refractivity contribution is 7.92. The van der Waals surface area contributed by atoms with Gasteiger partial charge in [0, 0.05) is 51.3 Å². The molecule has 13 heteroatoms. The second-order valence-corrected chi connectivity index (χ2v) is 9.83. The first-order valence-corrected chi connectivity index (χ1v) is 12.4. The van der Waals surface area contributed by atoms with Crippen molar-refractivity contribution in [1.82, 2.24) is 9.80 Å². The van der Waals surface area contributed by atoms with Gasteiger partial charge in [-0.05, 0) is 30.7 Å². The molecule has 0 spiro atoms. The first-order chi connectivity index (χ1) is 16.4. The first-order valence-electron chi connectivity index (χ1n) is 10.7. The minimum atomic E-state index is -5.10. The van der Waals surface area contributed by atoms with Crippen molar-refractivity contribution in [2.24, 2.45) is 0 Å². The molecule has 1 amide bonds. The van der Waals surface area contributed by atoms with Crippen molar-refractivity contribution in [2.45, 2.75) is 26.3 Å². The van der Waals surface area contributed by atoms with Crippen molar-refractivity contribution in [3.63, 3.8) is 0 Å². The summed E-state index contributed by atoms with van der Waals surface area (Å²) in [4.78, 5) is 16.2. The zero-order chi connectivity index (χ0) is 25.8. The molecule has 1 N–H and O–H groups in total. The number of benzene rings is 2. The Labute approximate surface area is 201 Å². The molecule has 35 heavy (non-hydrogen) atoms. The zero-order valence-electron chi connectivity index (χ0n) is 18.7. The highest BCUT2D eigenvalue weighted by Crippen LogP contribution is 2.32. The lowest BCUT2D eigenvalue weighted by molar-refractivity contribution is -0.274. The van der Waals surface area contributed by atoms with Crippen LogP contribution < -0.4 is 9.46 Å². The lowest BCUT2D eigenvalue weighted by Crippen LogP contribution is -2.48. The summed E-state index contributed by atoms with van der Waals surface area (Å²) in [6, 6.07) is 6.41. The molecule has 0 saturated carbocycles. The maximum Gasteiger partial charge on any atom is 0.573 e. The van der Waals surface area contributed by atoms with Crippen molar-refractivity contribution in [3.8, 4) is 5.75 Å². The fraction of sp³-hybridized carbons (Fsp3) is 0.409. The van der Waals surface area contributed by atoms with E-state index >= 15 is 0 Å². The van der Waals surface area contributed by atoms with E-state index in [0.717, 1.165) is 24.3 Å².